The third-order valence-electron chi connectivity index (χ3n) is 16.5. The summed E-state index contributed by atoms with van der Waals surface area (Å²) < 4.78 is 80.1. The molecule has 41 heteroatoms. The molecule has 89 heavy (non-hydrogen) atoms. The van der Waals surface area contributed by atoms with Gasteiger partial charge in [-0.3, -0.25) is 0 Å². The van der Waals surface area contributed by atoms with Gasteiger partial charge in [0.25, 0.3) is 0 Å². The van der Waals surface area contributed by atoms with Crippen LogP contribution in [0, 0.1) is 0 Å². The van der Waals surface area contributed by atoms with E-state index in [9.17, 15) is 123 Å². The van der Waals surface area contributed by atoms with Crippen LogP contribution in [0.2, 0.25) is 0 Å². The van der Waals surface area contributed by atoms with E-state index in [2.05, 4.69) is 0 Å². The Balaban J connectivity index is 1.07. The Labute approximate surface area is 504 Å². The van der Waals surface area contributed by atoms with Crippen molar-refractivity contribution in [1.29, 1.82) is 0 Å². The molecule has 0 aromatic heterocycles. The largest absolute Gasteiger partial charge is 0.394 e. The summed E-state index contributed by atoms with van der Waals surface area (Å²) in [4.78, 5) is 0. The molecule has 7 aliphatic rings. The second-order valence-corrected chi connectivity index (χ2v) is 22.4. The van der Waals surface area contributed by atoms with Crippen molar-refractivity contribution >= 4 is 0 Å². The van der Waals surface area contributed by atoms with Crippen molar-refractivity contribution in [2.45, 2.75) is 239 Å². The maximum atomic E-state index is 11.9. The minimum Gasteiger partial charge on any atom is -0.394 e. The highest BCUT2D eigenvalue weighted by Crippen LogP contribution is 2.37. The minimum absolute atomic E-state index is 0.865. The summed E-state index contributed by atoms with van der Waals surface area (Å²) in [5.41, 5.74) is 19.2. The van der Waals surface area contributed by atoms with Gasteiger partial charge in [0, 0.05) is 0 Å². The Morgan fingerprint density at radius 3 is 1.03 bits per heavy atom. The van der Waals surface area contributed by atoms with Gasteiger partial charge >= 0.3 is 0 Å². The highest BCUT2D eigenvalue weighted by Gasteiger charge is 2.58. The van der Waals surface area contributed by atoms with Gasteiger partial charge in [0.2, 0.25) is 0 Å². The summed E-state index contributed by atoms with van der Waals surface area (Å²) in [6, 6.07) is -5.26. The predicted molar refractivity (Wildman–Crippen MR) is 273 cm³/mol. The van der Waals surface area contributed by atoms with Crippen LogP contribution >= 0.6 is 0 Å². The van der Waals surface area contributed by atoms with E-state index >= 15 is 0 Å². The first kappa shape index (κ1) is 74.8. The van der Waals surface area contributed by atoms with Gasteiger partial charge in [0.1, 0.15) is 177 Å². The summed E-state index contributed by atoms with van der Waals surface area (Å²) in [6.07, 6.45) is -69.6. The van der Waals surface area contributed by atoms with Crippen molar-refractivity contribution in [2.75, 3.05) is 59.5 Å². The lowest BCUT2D eigenvalue weighted by molar-refractivity contribution is -0.379. The van der Waals surface area contributed by atoms with Crippen molar-refractivity contribution in [3.05, 3.63) is 0 Å². The molecule has 30 N–H and O–H groups in total. The number of rotatable bonds is 26. The molecule has 0 aromatic rings. The summed E-state index contributed by atoms with van der Waals surface area (Å²) >= 11 is 0. The first-order valence-corrected chi connectivity index (χ1v) is 28.3. The molecule has 41 nitrogen and oxygen atoms in total. The molecule has 0 amide bonds. The van der Waals surface area contributed by atoms with Gasteiger partial charge in [-0.25, -0.2) is 0 Å². The van der Waals surface area contributed by atoms with E-state index in [0.29, 0.717) is 0 Å². The number of aliphatic hydroxyl groups excluding tert-OH is 24. The van der Waals surface area contributed by atoms with Crippen LogP contribution in [0.5, 0.6) is 0 Å². The van der Waals surface area contributed by atoms with E-state index in [1.165, 1.54) is 0 Å². The summed E-state index contributed by atoms with van der Waals surface area (Å²) in [6.45, 7) is -9.09. The van der Waals surface area contributed by atoms with Crippen LogP contribution in [0.25, 0.3) is 0 Å². The standard InChI is InChI=1S/C48H87N3O38/c49-19-29(69)37(85-47-34(74)40(27(67)16(7-58)81-47)88-43-20(50)38(25(65)14(5-56)77-43)86-45-32(72)30(70)23(63)12(3-54)79-45)17(8-59)82-42(19)76-9-18-28(68)41(35(75)48(83-18)84-36(11(61)2-53)22(62)10(60)1-52)89-44-21(51)39(26(66)15(6-57)78-44)87-46-33(73)31(71)24(64)13(4-55)80-46/h10-48,52-75H,1-9,49-51H2/t10-,11+,12+,13+,14+,15+,16+,17+,18+,19+,20+,21+,22+,23-,24-,25+,26+,27-,28-,29+,30-,31-,32+,33+,34+,35+,36+,37+,38+,39+,40-,41-,42-,43+,44+,45-,46-,47-,48-/m0/s1. The number of aliphatic hydroxyl groups is 24. The fourth-order valence-corrected chi connectivity index (χ4v) is 11.1. The van der Waals surface area contributed by atoms with E-state index in [-0.39, 0.29) is 0 Å². The lowest BCUT2D eigenvalue weighted by Gasteiger charge is -2.50. The number of nitrogens with two attached hydrogens (primary N) is 3. The van der Waals surface area contributed by atoms with Gasteiger partial charge in [-0.05, 0) is 0 Å². The SMILES string of the molecule is N[C@H]1[C@@H](OC[C@H]2O[C@@H](O[C@@H]([C@H](O)[C@@H](O)CO)[C@H](O)CO)[C@H](O)[C@@H](O[C@H]3O[C@H](CO)[C@@H](O)[C@H](O[C@@H]4O[C@H](CO)[C@H](O)[C@H](O)[C@H]4O)[C@H]3N)[C@H]2O)O[C@H](CO)[C@@H](O[C@@H]2O[C@H](CO)[C@H](O)[C@H](O[C@H]3O[C@H](CO)[C@@H](O)[C@H](O[C@@H]4O[C@H](CO)[C@H](O)[C@H](O)[C@H]4O)[C@H]3N)[C@H]2O)[C@@H]1O. The van der Waals surface area contributed by atoms with Gasteiger partial charge in [0.05, 0.1) is 77.6 Å². The molecule has 0 radical (unpaired) electrons. The van der Waals surface area contributed by atoms with E-state index in [1.54, 1.807) is 0 Å². The van der Waals surface area contributed by atoms with Gasteiger partial charge in [0.15, 0.2) is 44.0 Å². The second-order valence-electron chi connectivity index (χ2n) is 22.4. The van der Waals surface area contributed by atoms with Crippen LogP contribution in [0.4, 0.5) is 0 Å². The van der Waals surface area contributed by atoms with Gasteiger partial charge in [-0.15, -0.1) is 0 Å². The zero-order valence-electron chi connectivity index (χ0n) is 47.1. The summed E-state index contributed by atoms with van der Waals surface area (Å²) in [7, 11) is 0. The molecule has 0 unspecified atom stereocenters. The number of hydrogen-bond donors (Lipinski definition) is 27. The normalized spacial score (nSPS) is 49.9. The molecule has 0 saturated carbocycles. The van der Waals surface area contributed by atoms with Gasteiger partial charge < -0.3 is 206 Å². The molecule has 7 heterocycles. The molecule has 0 spiro atoms. The van der Waals surface area contributed by atoms with Crippen LogP contribution in [0.3, 0.4) is 0 Å². The molecule has 7 aliphatic heterocycles. The molecule has 522 valence electrons. The average Bonchev–Trinajstić information content (AvgIpc) is 1.55. The molecular formula is C48H87N3O38. The van der Waals surface area contributed by atoms with Crippen LogP contribution < -0.4 is 17.2 Å². The smallest absolute Gasteiger partial charge is 0.187 e. The lowest BCUT2D eigenvalue weighted by Crippen LogP contribution is -2.69. The van der Waals surface area contributed by atoms with Crippen molar-refractivity contribution in [3.63, 3.8) is 0 Å². The monoisotopic (exact) mass is 1310 g/mol. The molecule has 39 atom stereocenters. The van der Waals surface area contributed by atoms with Crippen LogP contribution in [-0.2, 0) is 66.3 Å². The van der Waals surface area contributed by atoms with E-state index in [0.717, 1.165) is 0 Å². The van der Waals surface area contributed by atoms with Crippen LogP contribution in [-0.4, -0.2) is 421 Å². The fraction of sp³-hybridized carbons (Fsp3) is 1.00. The molecule has 0 bridgehead atoms. The highest BCUT2D eigenvalue weighted by atomic mass is 16.8. The zero-order chi connectivity index (χ0) is 65.8. The second kappa shape index (κ2) is 32.9. The van der Waals surface area contributed by atoms with Crippen molar-refractivity contribution in [3.8, 4) is 0 Å². The first-order chi connectivity index (χ1) is 42.2. The fourth-order valence-electron chi connectivity index (χ4n) is 11.1. The predicted octanol–water partition coefficient (Wildman–Crippen LogP) is -18.9. The maximum Gasteiger partial charge on any atom is 0.187 e. The van der Waals surface area contributed by atoms with E-state index in [1.807, 2.05) is 0 Å². The lowest BCUT2D eigenvalue weighted by atomic mass is 9.94. The number of hydrogen-bond acceptors (Lipinski definition) is 41. The average molecular weight is 1310 g/mol. The number of ether oxygens (including phenoxy) is 14. The maximum absolute atomic E-state index is 11.9. The Hall–Kier alpha value is -1.64. The van der Waals surface area contributed by atoms with Crippen LogP contribution in [0.15, 0.2) is 0 Å². The first-order valence-electron chi connectivity index (χ1n) is 28.3. The molecule has 0 aromatic carbocycles. The van der Waals surface area contributed by atoms with E-state index < -0.39 is 299 Å². The Bertz CT molecular complexity index is 2090. The third kappa shape index (κ3) is 16.1. The molecule has 7 rings (SSSR count). The minimum atomic E-state index is -2.32. The van der Waals surface area contributed by atoms with Crippen molar-refractivity contribution in [1.82, 2.24) is 0 Å². The van der Waals surface area contributed by atoms with Crippen LogP contribution in [0.1, 0.15) is 0 Å². The molecule has 7 saturated heterocycles. The van der Waals surface area contributed by atoms with Crippen molar-refractivity contribution < 1.29 is 189 Å². The Kier molecular flexibility index (Phi) is 27.6. The molecule has 7 fully saturated rings. The highest BCUT2D eigenvalue weighted by molar-refractivity contribution is 5.02. The Morgan fingerprint density at radius 1 is 0.292 bits per heavy atom. The molecular weight excluding hydrogens is 1230 g/mol. The van der Waals surface area contributed by atoms with Crippen molar-refractivity contribution in [2.24, 2.45) is 17.2 Å². The van der Waals surface area contributed by atoms with E-state index in [4.69, 9.17) is 83.5 Å². The summed E-state index contributed by atoms with van der Waals surface area (Å²) in [5.74, 6) is 0. The Morgan fingerprint density at radius 2 is 0.618 bits per heavy atom. The van der Waals surface area contributed by atoms with Gasteiger partial charge in [-0.2, -0.15) is 0 Å². The zero-order valence-corrected chi connectivity index (χ0v) is 47.1. The molecule has 0 aliphatic carbocycles. The quantitative estimate of drug-likeness (QED) is 0.0382. The third-order valence-corrected chi connectivity index (χ3v) is 16.5. The summed E-state index contributed by atoms with van der Waals surface area (Å²) in [5, 5.41) is 255. The van der Waals surface area contributed by atoms with Gasteiger partial charge in [-0.1, -0.05) is 0 Å². The topological polar surface area (TPSA) is 693 Å².